The molecule has 4 bridgehead atoms. The van der Waals surface area contributed by atoms with Crippen molar-refractivity contribution in [2.24, 2.45) is 35.5 Å². The van der Waals surface area contributed by atoms with Crippen LogP contribution in [0.15, 0.2) is 97.1 Å². The van der Waals surface area contributed by atoms with E-state index in [0.29, 0.717) is 74.7 Å². The molecule has 11 atom stereocenters. The van der Waals surface area contributed by atoms with E-state index in [0.717, 1.165) is 170 Å². The highest BCUT2D eigenvalue weighted by atomic mass is 35.5. The first-order chi connectivity index (χ1) is 54.5. The fourth-order valence-corrected chi connectivity index (χ4v) is 24.0. The molecular formula is C86H120Cl2N8O15S2. The van der Waals surface area contributed by atoms with Gasteiger partial charge in [-0.1, -0.05) is 67.4 Å². The van der Waals surface area contributed by atoms with Crippen molar-refractivity contribution in [2.75, 3.05) is 183 Å². The molecule has 8 aliphatic heterocycles. The lowest BCUT2D eigenvalue weighted by molar-refractivity contribution is -0.233. The van der Waals surface area contributed by atoms with Gasteiger partial charge in [0, 0.05) is 172 Å². The van der Waals surface area contributed by atoms with Crippen molar-refractivity contribution in [3.8, 4) is 11.5 Å². The van der Waals surface area contributed by atoms with Gasteiger partial charge in [-0.2, -0.15) is 0 Å². The lowest BCUT2D eigenvalue weighted by atomic mass is 9.63. The molecule has 113 heavy (non-hydrogen) atoms. The molecule has 0 radical (unpaired) electrons. The van der Waals surface area contributed by atoms with Crippen molar-refractivity contribution >= 4 is 66.4 Å². The molecule has 2 spiro atoms. The van der Waals surface area contributed by atoms with E-state index in [2.05, 4.69) is 75.7 Å². The van der Waals surface area contributed by atoms with Crippen LogP contribution in [0, 0.1) is 35.5 Å². The Morgan fingerprint density at radius 3 is 1.45 bits per heavy atom. The lowest BCUT2D eigenvalue weighted by Gasteiger charge is -2.52. The molecule has 0 aromatic heterocycles. The molecule has 2 saturated carbocycles. The number of nitrogens with zero attached hydrogens (tertiary/aromatic N) is 5. The maximum absolute atomic E-state index is 14.1. The van der Waals surface area contributed by atoms with Gasteiger partial charge in [-0.05, 0) is 208 Å². The van der Waals surface area contributed by atoms with Crippen LogP contribution in [-0.4, -0.2) is 251 Å². The number of hydrogen-bond acceptors (Lipinski definition) is 21. The number of benzene rings is 4. The van der Waals surface area contributed by atoms with Crippen molar-refractivity contribution in [1.82, 2.24) is 29.5 Å². The fraction of sp³-hybridized carbons (Fsp3) is 0.651. The minimum atomic E-state index is -4.07. The zero-order valence-corrected chi connectivity index (χ0v) is 70.3. The molecule has 4 aromatic carbocycles. The second-order valence-corrected chi connectivity index (χ2v) is 38.7. The topological polar surface area (TPSA) is 238 Å². The van der Waals surface area contributed by atoms with Crippen LogP contribution in [-0.2, 0) is 76.9 Å². The van der Waals surface area contributed by atoms with Gasteiger partial charge in [0.1, 0.15) is 17.1 Å². The van der Waals surface area contributed by atoms with Crippen LogP contribution in [0.25, 0.3) is 0 Å². The summed E-state index contributed by atoms with van der Waals surface area (Å²) in [6.45, 7) is 21.2. The number of methoxy groups -OCH3 is 5. The van der Waals surface area contributed by atoms with Gasteiger partial charge in [0.25, 0.3) is 11.8 Å². The first-order valence-electron chi connectivity index (χ1n) is 41.3. The smallest absolute Gasteiger partial charge is 0.264 e. The molecule has 4 aromatic rings. The lowest BCUT2D eigenvalue weighted by Crippen LogP contribution is -2.61. The summed E-state index contributed by atoms with van der Waals surface area (Å²) in [5.41, 5.74) is 6.10. The van der Waals surface area contributed by atoms with Crippen molar-refractivity contribution in [2.45, 2.75) is 149 Å². The second kappa shape index (κ2) is 36.4. The first kappa shape index (κ1) is 84.0. The van der Waals surface area contributed by atoms with Gasteiger partial charge in [0.2, 0.25) is 20.0 Å². The second-order valence-electron chi connectivity index (χ2n) is 34.1. The van der Waals surface area contributed by atoms with Crippen LogP contribution < -0.4 is 34.0 Å². The standard InChI is InChI=1S/C43H59ClN4O7S.C36H47ClN2O7S.C7H14N2O/c1-30-6-4-16-43(53-3,28-46-17-19-47(20-18-46)35-25-54-26-35)37-11-8-33(37)24-48-27-42(15-5-7-31-22-34(44)10-12-36(31)42)29-55-39-13-9-32(23-38(39)48)41(49)45-56(50,51)40(30)14-21-52-2;1-24-7-5-17-36(44-3,45-4)30-12-9-27(30)21-39-22-35(16-6-8-25-19-28(37)11-13-29(25)35)23-46-32-14-10-26(20-31(32)39)34(40)38-47(41,42)33(24)15-18-43-2;1-3-9(4-2-8-1)7-5-10-6-7/h4,9-10,12-13,16,22-23,30,33,35,37,40H,5-8,11,14-15,17-21,24-29H2,1-3H3,(H,45,49);5,10-11,13-14,17,19-20,24,27,30,33H,6-9,12,15-16,18,21-23H2,1-4H3,(H,38,40);7-8H,1-6H2/b16-4+;17-5+;/t30-,33-,37+,40+,42-,43-;24-,27-,30+,33+,35-;/m00./s1. The van der Waals surface area contributed by atoms with Gasteiger partial charge in [-0.15, -0.1) is 0 Å². The van der Waals surface area contributed by atoms with Crippen molar-refractivity contribution in [3.63, 3.8) is 0 Å². The first-order valence-corrected chi connectivity index (χ1v) is 45.2. The summed E-state index contributed by atoms with van der Waals surface area (Å²) in [7, 11) is 0.193. The summed E-state index contributed by atoms with van der Waals surface area (Å²) < 4.78 is 114. The number of hydrogen-bond donors (Lipinski definition) is 3. The highest BCUT2D eigenvalue weighted by Gasteiger charge is 2.53. The zero-order valence-electron chi connectivity index (χ0n) is 67.2. The van der Waals surface area contributed by atoms with Gasteiger partial charge in [-0.25, -0.2) is 26.3 Å². The molecule has 4 aliphatic carbocycles. The number of ether oxygens (including phenoxy) is 9. The van der Waals surface area contributed by atoms with Gasteiger partial charge in [0.15, 0.2) is 5.79 Å². The monoisotopic (exact) mass is 1640 g/mol. The number of nitrogens with one attached hydrogen (secondary N) is 3. The predicted octanol–water partition coefficient (Wildman–Crippen LogP) is 10.5. The molecule has 23 nitrogen and oxygen atoms in total. The highest BCUT2D eigenvalue weighted by molar-refractivity contribution is 7.91. The number of fused-ring (bicyclic) bond motifs is 8. The Kier molecular flexibility index (Phi) is 27.1. The molecule has 620 valence electrons. The van der Waals surface area contributed by atoms with E-state index in [9.17, 15) is 26.4 Å². The zero-order chi connectivity index (χ0) is 79.3. The van der Waals surface area contributed by atoms with Crippen LogP contribution >= 0.6 is 23.2 Å². The number of carbonyl (C=O) groups is 2. The molecule has 0 unspecified atom stereocenters. The third-order valence-corrected chi connectivity index (χ3v) is 31.7. The average molecular weight is 1640 g/mol. The van der Waals surface area contributed by atoms with Gasteiger partial charge >= 0.3 is 0 Å². The normalized spacial score (nSPS) is 31.8. The van der Waals surface area contributed by atoms with E-state index >= 15 is 0 Å². The largest absolute Gasteiger partial charge is 0.490 e. The van der Waals surface area contributed by atoms with E-state index in [1.54, 1.807) is 52.7 Å². The van der Waals surface area contributed by atoms with E-state index in [4.69, 9.17) is 65.8 Å². The maximum Gasteiger partial charge on any atom is 0.264 e. The summed E-state index contributed by atoms with van der Waals surface area (Å²) in [6.07, 6.45) is 19.8. The molecule has 2 amide bonds. The van der Waals surface area contributed by atoms with Gasteiger partial charge in [0.05, 0.1) is 73.6 Å². The van der Waals surface area contributed by atoms with Crippen LogP contribution in [0.4, 0.5) is 11.4 Å². The summed E-state index contributed by atoms with van der Waals surface area (Å²) in [5.74, 6) is -0.545. The number of allylic oxidation sites excluding steroid dienone is 2. The van der Waals surface area contributed by atoms with E-state index < -0.39 is 53.7 Å². The Morgan fingerprint density at radius 2 is 1.02 bits per heavy atom. The Labute approximate surface area is 680 Å². The third kappa shape index (κ3) is 18.3. The summed E-state index contributed by atoms with van der Waals surface area (Å²) >= 11 is 13.0. The third-order valence-electron chi connectivity index (χ3n) is 27.3. The Hall–Kier alpha value is -5.46. The number of halogens is 2. The van der Waals surface area contributed by atoms with Crippen LogP contribution in [0.1, 0.15) is 134 Å². The number of sulfonamides is 2. The van der Waals surface area contributed by atoms with Crippen molar-refractivity contribution in [1.29, 1.82) is 0 Å². The molecule has 27 heteroatoms. The number of aryl methyl sites for hydroxylation is 2. The number of rotatable bonds is 13. The van der Waals surface area contributed by atoms with E-state index in [-0.39, 0.29) is 72.0 Å². The SMILES string of the molecule is C1CN(C2COC2)CCN1.COCC[C@@H]1[C@@H](C)C/C=C/C(OC)(OC)[C@@H]2CC[C@H]2CN2C[C@@]3(CCCc4cc(Cl)ccc43)COc3ccc(cc32)C(=O)NS1(=O)=O.COCC[C@@H]1[C@@H](C)C/C=C/[C@@](CN2CCN(C3COC3)CC2)(OC)[C@@H]2CC[C@H]2CN2C[C@@]3(CCCc4cc(Cl)ccc43)COc3ccc(cc32)C(=O)NS1(=O)=O. The molecule has 4 saturated heterocycles. The summed E-state index contributed by atoms with van der Waals surface area (Å²) in [4.78, 5) is 40.0. The van der Waals surface area contributed by atoms with Crippen LogP contribution in [0.2, 0.25) is 10.0 Å². The Balaban J connectivity index is 0.000000168. The quantitative estimate of drug-likeness (QED) is 0.0833. The molecule has 3 N–H and O–H groups in total. The Bertz CT molecular complexity index is 4270. The number of piperazine rings is 2. The minimum absolute atomic E-state index is 0.0810. The molecular weight excluding hydrogens is 1520 g/mol. The fourth-order valence-electron chi connectivity index (χ4n) is 20.3. The van der Waals surface area contributed by atoms with Crippen LogP contribution in [0.5, 0.6) is 11.5 Å². The average Bonchev–Trinajstić information content (AvgIpc) is 1.74. The Morgan fingerprint density at radius 1 is 0.549 bits per heavy atom. The minimum Gasteiger partial charge on any atom is -0.490 e. The molecule has 16 rings (SSSR count). The molecule has 8 heterocycles. The highest BCUT2D eigenvalue weighted by Crippen LogP contribution is 2.52. The molecule has 6 fully saturated rings. The number of carbonyl (C=O) groups excluding carboxylic acids is 2. The summed E-state index contributed by atoms with van der Waals surface area (Å²) in [5, 5.41) is 3.13. The predicted molar refractivity (Wildman–Crippen MR) is 440 cm³/mol. The van der Waals surface area contributed by atoms with E-state index in [1.807, 2.05) is 57.4 Å². The number of amides is 2. The van der Waals surface area contributed by atoms with Gasteiger partial charge < -0.3 is 57.7 Å². The molecule has 12 aliphatic rings. The van der Waals surface area contributed by atoms with Crippen molar-refractivity contribution < 1.29 is 69.1 Å². The van der Waals surface area contributed by atoms with Gasteiger partial charge in [-0.3, -0.25) is 24.3 Å². The van der Waals surface area contributed by atoms with Crippen molar-refractivity contribution in [3.05, 3.63) is 141 Å². The van der Waals surface area contributed by atoms with Crippen LogP contribution in [0.3, 0.4) is 0 Å². The summed E-state index contributed by atoms with van der Waals surface area (Å²) in [6, 6.07) is 24.4. The number of anilines is 2. The van der Waals surface area contributed by atoms with E-state index in [1.165, 1.54) is 35.3 Å². The maximum atomic E-state index is 14.1.